The highest BCUT2D eigenvalue weighted by Crippen LogP contribution is 2.13. The average molecular weight is 265 g/mol. The first-order chi connectivity index (χ1) is 6.11. The van der Waals surface area contributed by atoms with Crippen molar-refractivity contribution in [1.29, 1.82) is 0 Å². The molecule has 0 saturated carbocycles. The van der Waals surface area contributed by atoms with Crippen molar-refractivity contribution in [2.45, 2.75) is 0 Å². The fourth-order valence-corrected chi connectivity index (χ4v) is 0.996. The van der Waals surface area contributed by atoms with Gasteiger partial charge in [0.25, 0.3) is 5.56 Å². The molecule has 0 saturated heterocycles. The number of aromatic nitrogens is 2. The van der Waals surface area contributed by atoms with Crippen LogP contribution >= 0.6 is 27.5 Å². The van der Waals surface area contributed by atoms with E-state index in [-0.39, 0.29) is 10.6 Å². The van der Waals surface area contributed by atoms with Gasteiger partial charge in [-0.05, 0) is 0 Å². The Bertz CT molecular complexity index is 376. The van der Waals surface area contributed by atoms with Crippen molar-refractivity contribution < 1.29 is 0 Å². The smallest absolute Gasteiger partial charge is 0.271 e. The Morgan fingerprint density at radius 2 is 2.54 bits per heavy atom. The van der Waals surface area contributed by atoms with E-state index in [0.29, 0.717) is 12.4 Å². The van der Waals surface area contributed by atoms with Gasteiger partial charge in [-0.3, -0.25) is 4.79 Å². The molecule has 0 aliphatic rings. The normalized spacial score (nSPS) is 9.69. The van der Waals surface area contributed by atoms with E-state index in [1.165, 1.54) is 6.33 Å². The maximum Gasteiger partial charge on any atom is 0.271 e. The minimum absolute atomic E-state index is 0.0521. The Balaban J connectivity index is 2.83. The van der Waals surface area contributed by atoms with Crippen molar-refractivity contribution in [1.82, 2.24) is 9.97 Å². The molecule has 0 amide bonds. The number of rotatable bonds is 3. The highest BCUT2D eigenvalue weighted by molar-refractivity contribution is 9.11. The molecule has 1 heterocycles. The van der Waals surface area contributed by atoms with Crippen LogP contribution in [-0.4, -0.2) is 16.5 Å². The molecule has 1 rings (SSSR count). The number of hydrogen-bond acceptors (Lipinski definition) is 3. The van der Waals surface area contributed by atoms with Gasteiger partial charge >= 0.3 is 0 Å². The molecule has 0 fully saturated rings. The molecule has 2 N–H and O–H groups in total. The fourth-order valence-electron chi connectivity index (χ4n) is 0.686. The Kier molecular flexibility index (Phi) is 3.50. The molecule has 0 bridgehead atoms. The summed E-state index contributed by atoms with van der Waals surface area (Å²) in [6, 6.07) is 0. The summed E-state index contributed by atoms with van der Waals surface area (Å²) in [6.45, 7) is 4.09. The van der Waals surface area contributed by atoms with Gasteiger partial charge in [0.2, 0.25) is 0 Å². The van der Waals surface area contributed by atoms with E-state index in [9.17, 15) is 4.79 Å². The number of nitrogens with one attached hydrogen (secondary N) is 2. The zero-order valence-electron chi connectivity index (χ0n) is 6.60. The van der Waals surface area contributed by atoms with Gasteiger partial charge in [-0.1, -0.05) is 34.1 Å². The third kappa shape index (κ3) is 2.86. The van der Waals surface area contributed by atoms with E-state index in [1.807, 2.05) is 0 Å². The number of nitrogens with zero attached hydrogens (tertiary/aromatic N) is 1. The molecule has 13 heavy (non-hydrogen) atoms. The molecule has 1 aromatic heterocycles. The van der Waals surface area contributed by atoms with Crippen molar-refractivity contribution in [2.24, 2.45) is 0 Å². The first-order valence-corrected chi connectivity index (χ1v) is 4.58. The maximum atomic E-state index is 11.0. The molecule has 0 aliphatic carbocycles. The largest absolute Gasteiger partial charge is 0.364 e. The van der Waals surface area contributed by atoms with E-state index in [1.54, 1.807) is 0 Å². The zero-order chi connectivity index (χ0) is 9.84. The third-order valence-corrected chi connectivity index (χ3v) is 1.88. The summed E-state index contributed by atoms with van der Waals surface area (Å²) in [5, 5.41) is 2.90. The van der Waals surface area contributed by atoms with Gasteiger partial charge < -0.3 is 10.3 Å². The van der Waals surface area contributed by atoms with E-state index >= 15 is 0 Å². The first-order valence-electron chi connectivity index (χ1n) is 3.41. The van der Waals surface area contributed by atoms with Crippen LogP contribution in [0.5, 0.6) is 0 Å². The molecule has 4 nitrogen and oxygen atoms in total. The summed E-state index contributed by atoms with van der Waals surface area (Å²) in [7, 11) is 0. The van der Waals surface area contributed by atoms with Crippen LogP contribution < -0.4 is 10.9 Å². The second kappa shape index (κ2) is 4.43. The second-order valence-corrected chi connectivity index (χ2v) is 3.76. The number of H-pyrrole nitrogens is 1. The van der Waals surface area contributed by atoms with Gasteiger partial charge in [0.1, 0.15) is 5.02 Å². The molecule has 0 radical (unpaired) electrons. The van der Waals surface area contributed by atoms with Crippen molar-refractivity contribution in [3.63, 3.8) is 0 Å². The van der Waals surface area contributed by atoms with Crippen LogP contribution in [0.2, 0.25) is 5.02 Å². The Hall–Kier alpha value is -0.810. The van der Waals surface area contributed by atoms with Gasteiger partial charge in [0.15, 0.2) is 5.82 Å². The van der Waals surface area contributed by atoms with Gasteiger partial charge in [0.05, 0.1) is 6.33 Å². The topological polar surface area (TPSA) is 57.8 Å². The van der Waals surface area contributed by atoms with Crippen LogP contribution in [0.1, 0.15) is 0 Å². The predicted octanol–water partition coefficient (Wildman–Crippen LogP) is 1.74. The molecule has 0 unspecified atom stereocenters. The van der Waals surface area contributed by atoms with Crippen LogP contribution in [0, 0.1) is 0 Å². The molecule has 0 aliphatic heterocycles. The summed E-state index contributed by atoms with van der Waals surface area (Å²) in [5.41, 5.74) is -0.362. The van der Waals surface area contributed by atoms with Crippen LogP contribution in [0.4, 0.5) is 5.82 Å². The Labute approximate surface area is 88.2 Å². The monoisotopic (exact) mass is 263 g/mol. The van der Waals surface area contributed by atoms with Crippen molar-refractivity contribution in [3.8, 4) is 0 Å². The summed E-state index contributed by atoms with van der Waals surface area (Å²) >= 11 is 8.82. The fraction of sp³-hybridized carbons (Fsp3) is 0.143. The van der Waals surface area contributed by atoms with Crippen LogP contribution in [-0.2, 0) is 0 Å². The standard InChI is InChI=1S/C7H7BrClN3O/c1-4(8)2-10-6-5(9)7(13)12-3-11-6/h3H,1-2H2,(H2,10,11,12,13). The number of aromatic amines is 1. The van der Waals surface area contributed by atoms with E-state index in [0.717, 1.165) is 4.48 Å². The minimum Gasteiger partial charge on any atom is -0.364 e. The van der Waals surface area contributed by atoms with Crippen molar-refractivity contribution in [3.05, 3.63) is 32.8 Å². The highest BCUT2D eigenvalue weighted by atomic mass is 79.9. The van der Waals surface area contributed by atoms with E-state index in [2.05, 4.69) is 37.8 Å². The Morgan fingerprint density at radius 3 is 3.15 bits per heavy atom. The number of anilines is 1. The molecule has 0 spiro atoms. The van der Waals surface area contributed by atoms with Crippen LogP contribution in [0.3, 0.4) is 0 Å². The van der Waals surface area contributed by atoms with Gasteiger partial charge in [-0.15, -0.1) is 0 Å². The summed E-state index contributed by atoms with van der Waals surface area (Å²) in [4.78, 5) is 17.2. The lowest BCUT2D eigenvalue weighted by Gasteiger charge is -2.04. The average Bonchev–Trinajstić information content (AvgIpc) is 2.07. The molecule has 0 atom stereocenters. The second-order valence-electron chi connectivity index (χ2n) is 2.27. The quantitative estimate of drug-likeness (QED) is 0.874. The molecule has 1 aromatic rings. The predicted molar refractivity (Wildman–Crippen MR) is 56.4 cm³/mol. The maximum absolute atomic E-state index is 11.0. The van der Waals surface area contributed by atoms with E-state index in [4.69, 9.17) is 11.6 Å². The lowest BCUT2D eigenvalue weighted by molar-refractivity contribution is 1.10. The van der Waals surface area contributed by atoms with Gasteiger partial charge in [-0.25, -0.2) is 4.98 Å². The summed E-state index contributed by atoms with van der Waals surface area (Å²) in [5.74, 6) is 0.353. The van der Waals surface area contributed by atoms with Crippen LogP contribution in [0.15, 0.2) is 22.2 Å². The molecule has 70 valence electrons. The number of hydrogen-bond donors (Lipinski definition) is 2. The first kappa shape index (κ1) is 10.3. The summed E-state index contributed by atoms with van der Waals surface area (Å²) < 4.78 is 0.755. The highest BCUT2D eigenvalue weighted by Gasteiger charge is 2.03. The minimum atomic E-state index is -0.362. The van der Waals surface area contributed by atoms with Crippen molar-refractivity contribution >= 4 is 33.3 Å². The lowest BCUT2D eigenvalue weighted by atomic mass is 10.5. The molecule has 6 heteroatoms. The van der Waals surface area contributed by atoms with Crippen molar-refractivity contribution in [2.75, 3.05) is 11.9 Å². The van der Waals surface area contributed by atoms with Gasteiger partial charge in [0, 0.05) is 11.0 Å². The van der Waals surface area contributed by atoms with Gasteiger partial charge in [-0.2, -0.15) is 0 Å². The molecule has 0 aromatic carbocycles. The van der Waals surface area contributed by atoms with E-state index < -0.39 is 0 Å². The van der Waals surface area contributed by atoms with Crippen LogP contribution in [0.25, 0.3) is 0 Å². The lowest BCUT2D eigenvalue weighted by Crippen LogP contribution is -2.12. The summed E-state index contributed by atoms with van der Waals surface area (Å²) in [6.07, 6.45) is 1.29. The molecular weight excluding hydrogens is 257 g/mol. The Morgan fingerprint density at radius 1 is 1.85 bits per heavy atom. The third-order valence-electron chi connectivity index (χ3n) is 1.24. The SMILES string of the molecule is C=C(Br)CNc1nc[nH]c(=O)c1Cl. The molecular formula is C7H7BrClN3O. The number of halogens is 2. The zero-order valence-corrected chi connectivity index (χ0v) is 8.94.